The molecule has 0 radical (unpaired) electrons. The largest absolute Gasteiger partial charge is 0.319 e. The summed E-state index contributed by atoms with van der Waals surface area (Å²) in [6.45, 7) is 5.04. The number of nitrogens with one attached hydrogen (secondary N) is 1. The van der Waals surface area contributed by atoms with Gasteiger partial charge in [-0.05, 0) is 43.7 Å². The van der Waals surface area contributed by atoms with Crippen LogP contribution in [0.4, 0.5) is 0 Å². The first kappa shape index (κ1) is 18.1. The van der Waals surface area contributed by atoms with Crippen LogP contribution in [0.15, 0.2) is 52.4 Å². The number of thioether (sulfide) groups is 1. The van der Waals surface area contributed by atoms with Crippen LogP contribution in [0.1, 0.15) is 31.3 Å². The van der Waals surface area contributed by atoms with Crippen LogP contribution in [0.25, 0.3) is 21.9 Å². The van der Waals surface area contributed by atoms with Gasteiger partial charge in [0.15, 0.2) is 5.16 Å². The van der Waals surface area contributed by atoms with E-state index in [0.717, 1.165) is 29.2 Å². The molecule has 1 atom stereocenters. The number of rotatable bonds is 5. The Morgan fingerprint density at radius 2 is 2.00 bits per heavy atom. The summed E-state index contributed by atoms with van der Waals surface area (Å²) < 4.78 is 2.20. The highest BCUT2D eigenvalue weighted by atomic mass is 35.5. The smallest absolute Gasteiger partial charge is 0.258 e. The SMILES string of the molecule is CCCn1c(S[C@H](C)c2nc3ccccc3c(=O)[nH]2)nc2cc(Cl)ccc21. The Kier molecular flexibility index (Phi) is 4.93. The van der Waals surface area contributed by atoms with Crippen molar-refractivity contribution in [1.29, 1.82) is 0 Å². The van der Waals surface area contributed by atoms with Gasteiger partial charge in [-0.3, -0.25) is 4.79 Å². The third-order valence-electron chi connectivity index (χ3n) is 4.42. The van der Waals surface area contributed by atoms with Gasteiger partial charge < -0.3 is 9.55 Å². The number of aromatic nitrogens is 4. The van der Waals surface area contributed by atoms with Gasteiger partial charge in [0.2, 0.25) is 0 Å². The lowest BCUT2D eigenvalue weighted by Gasteiger charge is -2.12. The Morgan fingerprint density at radius 3 is 2.81 bits per heavy atom. The van der Waals surface area contributed by atoms with Crippen LogP contribution in [0, 0.1) is 0 Å². The van der Waals surface area contributed by atoms with Crippen LogP contribution in [0.3, 0.4) is 0 Å². The number of nitrogens with zero attached hydrogens (tertiary/aromatic N) is 3. The number of aromatic amines is 1. The van der Waals surface area contributed by atoms with Crippen molar-refractivity contribution in [3.05, 3.63) is 63.7 Å². The molecular formula is C20H19ClN4OS. The van der Waals surface area contributed by atoms with Gasteiger partial charge in [0, 0.05) is 11.6 Å². The second-order valence-corrected chi connectivity index (χ2v) is 8.15. The van der Waals surface area contributed by atoms with E-state index in [9.17, 15) is 4.79 Å². The summed E-state index contributed by atoms with van der Waals surface area (Å²) >= 11 is 7.71. The van der Waals surface area contributed by atoms with E-state index in [1.807, 2.05) is 43.3 Å². The summed E-state index contributed by atoms with van der Waals surface area (Å²) in [7, 11) is 0. The Bertz CT molecular complexity index is 1180. The fourth-order valence-electron chi connectivity index (χ4n) is 3.12. The van der Waals surface area contributed by atoms with Crippen molar-refractivity contribution in [1.82, 2.24) is 19.5 Å². The molecule has 0 fully saturated rings. The van der Waals surface area contributed by atoms with E-state index >= 15 is 0 Å². The fourth-order valence-corrected chi connectivity index (χ4v) is 4.30. The van der Waals surface area contributed by atoms with E-state index in [-0.39, 0.29) is 10.8 Å². The molecule has 2 heterocycles. The maximum absolute atomic E-state index is 12.4. The summed E-state index contributed by atoms with van der Waals surface area (Å²) in [5.41, 5.74) is 2.54. The van der Waals surface area contributed by atoms with Gasteiger partial charge in [-0.2, -0.15) is 0 Å². The minimum Gasteiger partial charge on any atom is -0.319 e. The normalized spacial score (nSPS) is 12.7. The van der Waals surface area contributed by atoms with Crippen LogP contribution >= 0.6 is 23.4 Å². The summed E-state index contributed by atoms with van der Waals surface area (Å²) in [5, 5.41) is 2.13. The highest BCUT2D eigenvalue weighted by Crippen LogP contribution is 2.35. The first-order valence-electron chi connectivity index (χ1n) is 8.88. The van der Waals surface area contributed by atoms with E-state index in [2.05, 4.69) is 21.5 Å². The average Bonchev–Trinajstić information content (AvgIpc) is 2.98. The molecule has 27 heavy (non-hydrogen) atoms. The lowest BCUT2D eigenvalue weighted by Crippen LogP contribution is -2.13. The number of halogens is 1. The van der Waals surface area contributed by atoms with Gasteiger partial charge in [0.1, 0.15) is 5.82 Å². The lowest BCUT2D eigenvalue weighted by molar-refractivity contribution is 0.637. The van der Waals surface area contributed by atoms with Gasteiger partial charge in [-0.25, -0.2) is 9.97 Å². The zero-order valence-corrected chi connectivity index (χ0v) is 16.6. The molecule has 0 saturated carbocycles. The summed E-state index contributed by atoms with van der Waals surface area (Å²) in [6.07, 6.45) is 1.00. The van der Waals surface area contributed by atoms with E-state index in [0.29, 0.717) is 21.7 Å². The minimum atomic E-state index is -0.114. The topological polar surface area (TPSA) is 63.6 Å². The van der Waals surface area contributed by atoms with Crippen molar-refractivity contribution in [2.75, 3.05) is 0 Å². The Morgan fingerprint density at radius 1 is 1.19 bits per heavy atom. The minimum absolute atomic E-state index is 0.0507. The number of aryl methyl sites for hydroxylation is 1. The van der Waals surface area contributed by atoms with Gasteiger partial charge in [-0.1, -0.05) is 42.4 Å². The van der Waals surface area contributed by atoms with Crippen LogP contribution in [0.5, 0.6) is 0 Å². The molecule has 4 rings (SSSR count). The Balaban J connectivity index is 1.73. The standard InChI is InChI=1S/C20H19ClN4OS/c1-3-10-25-17-9-8-13(21)11-16(17)23-20(25)27-12(2)18-22-15-7-5-4-6-14(15)19(26)24-18/h4-9,11-12H,3,10H2,1-2H3,(H,22,24,26)/t12-/m1/s1. The number of hydrogen-bond acceptors (Lipinski definition) is 4. The third kappa shape index (κ3) is 3.47. The van der Waals surface area contributed by atoms with E-state index in [1.54, 1.807) is 17.8 Å². The van der Waals surface area contributed by atoms with Crippen LogP contribution < -0.4 is 5.56 Å². The second kappa shape index (κ2) is 7.37. The van der Waals surface area contributed by atoms with Crippen molar-refractivity contribution in [2.24, 2.45) is 0 Å². The molecule has 7 heteroatoms. The molecule has 0 bridgehead atoms. The molecule has 1 N–H and O–H groups in total. The maximum Gasteiger partial charge on any atom is 0.258 e. The molecule has 4 aromatic rings. The van der Waals surface area contributed by atoms with Crippen LogP contribution in [0.2, 0.25) is 5.02 Å². The Hall–Kier alpha value is -2.31. The Labute approximate surface area is 165 Å². The van der Waals surface area contributed by atoms with Crippen LogP contribution in [-0.4, -0.2) is 19.5 Å². The zero-order valence-electron chi connectivity index (χ0n) is 15.1. The molecule has 2 aromatic heterocycles. The van der Waals surface area contributed by atoms with Gasteiger partial charge in [0.25, 0.3) is 5.56 Å². The van der Waals surface area contributed by atoms with E-state index in [4.69, 9.17) is 16.6 Å². The molecule has 0 aliphatic carbocycles. The summed E-state index contributed by atoms with van der Waals surface area (Å²) in [6, 6.07) is 13.2. The van der Waals surface area contributed by atoms with Crippen molar-refractivity contribution < 1.29 is 0 Å². The number of imidazole rings is 1. The van der Waals surface area contributed by atoms with Gasteiger partial charge in [-0.15, -0.1) is 0 Å². The van der Waals surface area contributed by atoms with Crippen molar-refractivity contribution in [2.45, 2.75) is 37.2 Å². The number of H-pyrrole nitrogens is 1. The molecule has 0 aliphatic heterocycles. The molecule has 5 nitrogen and oxygen atoms in total. The van der Waals surface area contributed by atoms with Crippen molar-refractivity contribution >= 4 is 45.3 Å². The third-order valence-corrected chi connectivity index (χ3v) is 5.76. The summed E-state index contributed by atoms with van der Waals surface area (Å²) in [5.74, 6) is 0.650. The molecule has 0 spiro atoms. The number of fused-ring (bicyclic) bond motifs is 2. The monoisotopic (exact) mass is 398 g/mol. The molecular weight excluding hydrogens is 380 g/mol. The van der Waals surface area contributed by atoms with Gasteiger partial charge in [0.05, 0.1) is 27.2 Å². The maximum atomic E-state index is 12.4. The molecule has 2 aromatic carbocycles. The molecule has 138 valence electrons. The fraction of sp³-hybridized carbons (Fsp3) is 0.250. The first-order valence-corrected chi connectivity index (χ1v) is 10.1. The first-order chi connectivity index (χ1) is 13.1. The van der Waals surface area contributed by atoms with Crippen molar-refractivity contribution in [3.8, 4) is 0 Å². The predicted molar refractivity (Wildman–Crippen MR) is 112 cm³/mol. The van der Waals surface area contributed by atoms with Crippen LogP contribution in [-0.2, 0) is 6.54 Å². The molecule has 0 amide bonds. The number of hydrogen-bond donors (Lipinski definition) is 1. The quantitative estimate of drug-likeness (QED) is 0.470. The van der Waals surface area contributed by atoms with Gasteiger partial charge >= 0.3 is 0 Å². The number of para-hydroxylation sites is 1. The predicted octanol–water partition coefficient (Wildman–Crippen LogP) is 5.19. The van der Waals surface area contributed by atoms with Crippen molar-refractivity contribution in [3.63, 3.8) is 0 Å². The average molecular weight is 399 g/mol. The highest BCUT2D eigenvalue weighted by molar-refractivity contribution is 7.99. The lowest BCUT2D eigenvalue weighted by atomic mass is 10.2. The highest BCUT2D eigenvalue weighted by Gasteiger charge is 2.18. The zero-order chi connectivity index (χ0) is 19.0. The molecule has 0 saturated heterocycles. The van der Waals surface area contributed by atoms with E-state index < -0.39 is 0 Å². The van der Waals surface area contributed by atoms with E-state index in [1.165, 1.54) is 0 Å². The molecule has 0 aliphatic rings. The summed E-state index contributed by atoms with van der Waals surface area (Å²) in [4.78, 5) is 24.7. The molecule has 0 unspecified atom stereocenters. The number of benzene rings is 2. The second-order valence-electron chi connectivity index (χ2n) is 6.41.